The van der Waals surface area contributed by atoms with Crippen LogP contribution in [0.4, 0.5) is 0 Å². The number of amidine groups is 1. The van der Waals surface area contributed by atoms with Gasteiger partial charge >= 0.3 is 0 Å². The zero-order valence-electron chi connectivity index (χ0n) is 11.7. The van der Waals surface area contributed by atoms with E-state index >= 15 is 0 Å². The topological polar surface area (TPSA) is 68.5 Å². The SMILES string of the molecule is COc1ccc(C2=N/C(=C\c3cncn3C)C(=O)N2)cc1. The lowest BCUT2D eigenvalue weighted by molar-refractivity contribution is -0.115. The van der Waals surface area contributed by atoms with Crippen molar-refractivity contribution in [1.29, 1.82) is 0 Å². The fourth-order valence-electron chi connectivity index (χ4n) is 2.00. The van der Waals surface area contributed by atoms with Crippen molar-refractivity contribution in [3.63, 3.8) is 0 Å². The largest absolute Gasteiger partial charge is 0.497 e. The van der Waals surface area contributed by atoms with E-state index in [1.54, 1.807) is 25.7 Å². The normalized spacial score (nSPS) is 16.0. The molecule has 2 aromatic rings. The molecule has 0 aliphatic carbocycles. The monoisotopic (exact) mass is 282 g/mol. The first-order chi connectivity index (χ1) is 10.2. The molecule has 1 amide bonds. The van der Waals surface area contributed by atoms with E-state index in [0.29, 0.717) is 11.5 Å². The number of rotatable bonds is 3. The number of carbonyl (C=O) groups excluding carboxylic acids is 1. The van der Waals surface area contributed by atoms with Crippen LogP contribution in [0.25, 0.3) is 6.08 Å². The Hall–Kier alpha value is -2.89. The van der Waals surface area contributed by atoms with E-state index < -0.39 is 0 Å². The number of hydrogen-bond acceptors (Lipinski definition) is 4. The smallest absolute Gasteiger partial charge is 0.275 e. The number of nitrogens with one attached hydrogen (secondary N) is 1. The molecule has 1 aliphatic heterocycles. The molecule has 6 heteroatoms. The van der Waals surface area contributed by atoms with Gasteiger partial charge in [0.2, 0.25) is 0 Å². The second-order valence-corrected chi connectivity index (χ2v) is 4.60. The summed E-state index contributed by atoms with van der Waals surface area (Å²) in [5.41, 5.74) is 2.02. The Morgan fingerprint density at radius 2 is 2.05 bits per heavy atom. The van der Waals surface area contributed by atoms with Gasteiger partial charge in [0.15, 0.2) is 0 Å². The summed E-state index contributed by atoms with van der Waals surface area (Å²) in [6.45, 7) is 0. The Morgan fingerprint density at radius 3 is 2.67 bits per heavy atom. The van der Waals surface area contributed by atoms with E-state index in [2.05, 4.69) is 15.3 Å². The molecule has 0 atom stereocenters. The van der Waals surface area contributed by atoms with Gasteiger partial charge in [0.05, 0.1) is 25.3 Å². The molecule has 0 saturated heterocycles. The number of amides is 1. The van der Waals surface area contributed by atoms with Crippen molar-refractivity contribution in [2.45, 2.75) is 0 Å². The Balaban J connectivity index is 1.91. The van der Waals surface area contributed by atoms with E-state index in [4.69, 9.17) is 4.74 Å². The van der Waals surface area contributed by atoms with Gasteiger partial charge in [0.1, 0.15) is 17.3 Å². The molecule has 0 unspecified atom stereocenters. The molecule has 0 saturated carbocycles. The van der Waals surface area contributed by atoms with Gasteiger partial charge < -0.3 is 14.6 Å². The number of aliphatic imine (C=N–C) groups is 1. The Labute approximate surface area is 121 Å². The summed E-state index contributed by atoms with van der Waals surface area (Å²) >= 11 is 0. The summed E-state index contributed by atoms with van der Waals surface area (Å²) in [6, 6.07) is 7.36. The van der Waals surface area contributed by atoms with Gasteiger partial charge in [-0.1, -0.05) is 0 Å². The first kappa shape index (κ1) is 13.1. The number of hydrogen-bond donors (Lipinski definition) is 1. The van der Waals surface area contributed by atoms with E-state index in [-0.39, 0.29) is 5.91 Å². The van der Waals surface area contributed by atoms with E-state index in [1.807, 2.05) is 35.9 Å². The van der Waals surface area contributed by atoms with Gasteiger partial charge in [-0.3, -0.25) is 4.79 Å². The lowest BCUT2D eigenvalue weighted by Crippen LogP contribution is -2.24. The standard InChI is InChI=1S/C15H14N4O2/c1-19-9-16-8-11(19)7-13-15(20)18-14(17-13)10-3-5-12(21-2)6-4-10/h3-9H,1-2H3,(H,17,18,20)/b13-7-. The van der Waals surface area contributed by atoms with E-state index in [0.717, 1.165) is 17.0 Å². The molecule has 1 N–H and O–H groups in total. The van der Waals surface area contributed by atoms with Crippen molar-refractivity contribution < 1.29 is 9.53 Å². The highest BCUT2D eigenvalue weighted by molar-refractivity contribution is 6.19. The first-order valence-corrected chi connectivity index (χ1v) is 6.40. The Kier molecular flexibility index (Phi) is 3.27. The lowest BCUT2D eigenvalue weighted by Gasteiger charge is -2.02. The van der Waals surface area contributed by atoms with Gasteiger partial charge in [0.25, 0.3) is 5.91 Å². The minimum atomic E-state index is -0.220. The highest BCUT2D eigenvalue weighted by Crippen LogP contribution is 2.17. The van der Waals surface area contributed by atoms with E-state index in [1.165, 1.54) is 0 Å². The van der Waals surface area contributed by atoms with Crippen LogP contribution in [0.1, 0.15) is 11.3 Å². The van der Waals surface area contributed by atoms with Crippen LogP contribution in [0.3, 0.4) is 0 Å². The fourth-order valence-corrected chi connectivity index (χ4v) is 2.00. The van der Waals surface area contributed by atoms with Crippen molar-refractivity contribution in [3.8, 4) is 5.75 Å². The number of ether oxygens (including phenoxy) is 1. The third-order valence-electron chi connectivity index (χ3n) is 3.20. The number of imidazole rings is 1. The summed E-state index contributed by atoms with van der Waals surface area (Å²) in [4.78, 5) is 20.3. The minimum absolute atomic E-state index is 0.220. The number of aromatic nitrogens is 2. The number of benzene rings is 1. The van der Waals surface area contributed by atoms with Crippen LogP contribution >= 0.6 is 0 Å². The summed E-state index contributed by atoms with van der Waals surface area (Å²) in [7, 11) is 3.47. The van der Waals surface area contributed by atoms with Gasteiger partial charge in [0, 0.05) is 12.6 Å². The van der Waals surface area contributed by atoms with Crippen LogP contribution < -0.4 is 10.1 Å². The van der Waals surface area contributed by atoms with Gasteiger partial charge in [-0.15, -0.1) is 0 Å². The highest BCUT2D eigenvalue weighted by atomic mass is 16.5. The predicted octanol–water partition coefficient (Wildman–Crippen LogP) is 1.35. The van der Waals surface area contributed by atoms with Gasteiger partial charge in [-0.05, 0) is 30.3 Å². The quantitative estimate of drug-likeness (QED) is 0.864. The predicted molar refractivity (Wildman–Crippen MR) is 78.9 cm³/mol. The Bertz CT molecular complexity index is 741. The van der Waals surface area contributed by atoms with Crippen LogP contribution in [0.5, 0.6) is 5.75 Å². The number of carbonyl (C=O) groups is 1. The molecule has 0 spiro atoms. The summed E-state index contributed by atoms with van der Waals surface area (Å²) in [6.07, 6.45) is 5.06. The fraction of sp³-hybridized carbons (Fsp3) is 0.133. The van der Waals surface area contributed by atoms with Crippen molar-refractivity contribution in [2.75, 3.05) is 7.11 Å². The van der Waals surface area contributed by atoms with Gasteiger partial charge in [-0.25, -0.2) is 9.98 Å². The highest BCUT2D eigenvalue weighted by Gasteiger charge is 2.21. The zero-order valence-corrected chi connectivity index (χ0v) is 11.7. The molecule has 1 aliphatic rings. The molecular formula is C15H14N4O2. The first-order valence-electron chi connectivity index (χ1n) is 6.40. The van der Waals surface area contributed by atoms with Crippen molar-refractivity contribution >= 4 is 17.8 Å². The maximum Gasteiger partial charge on any atom is 0.275 e. The number of methoxy groups -OCH3 is 1. The number of nitrogens with zero attached hydrogens (tertiary/aromatic N) is 3. The van der Waals surface area contributed by atoms with Gasteiger partial charge in [-0.2, -0.15) is 0 Å². The average Bonchev–Trinajstić information content (AvgIpc) is 3.07. The van der Waals surface area contributed by atoms with Crippen molar-refractivity contribution in [2.24, 2.45) is 12.0 Å². The molecular weight excluding hydrogens is 268 g/mol. The molecule has 21 heavy (non-hydrogen) atoms. The van der Waals surface area contributed by atoms with Crippen LogP contribution in [0.15, 0.2) is 47.5 Å². The second kappa shape index (κ2) is 5.24. The minimum Gasteiger partial charge on any atom is -0.497 e. The molecule has 106 valence electrons. The summed E-state index contributed by atoms with van der Waals surface area (Å²) in [5.74, 6) is 1.08. The van der Waals surface area contributed by atoms with Crippen molar-refractivity contribution in [3.05, 3.63) is 53.7 Å². The number of aryl methyl sites for hydroxylation is 1. The lowest BCUT2D eigenvalue weighted by atomic mass is 10.2. The van der Waals surface area contributed by atoms with Crippen LogP contribution in [0, 0.1) is 0 Å². The molecule has 6 nitrogen and oxygen atoms in total. The Morgan fingerprint density at radius 1 is 1.29 bits per heavy atom. The zero-order chi connectivity index (χ0) is 14.8. The average molecular weight is 282 g/mol. The summed E-state index contributed by atoms with van der Waals surface area (Å²) in [5, 5.41) is 2.76. The molecule has 1 aromatic heterocycles. The molecule has 0 radical (unpaired) electrons. The third kappa shape index (κ3) is 2.55. The molecule has 0 bridgehead atoms. The maximum atomic E-state index is 12.0. The van der Waals surface area contributed by atoms with Crippen LogP contribution in [-0.4, -0.2) is 28.4 Å². The molecule has 1 aromatic carbocycles. The summed E-state index contributed by atoms with van der Waals surface area (Å²) < 4.78 is 6.93. The van der Waals surface area contributed by atoms with Crippen LogP contribution in [-0.2, 0) is 11.8 Å². The molecule has 0 fully saturated rings. The molecule has 3 rings (SSSR count). The molecule has 2 heterocycles. The second-order valence-electron chi connectivity index (χ2n) is 4.60. The van der Waals surface area contributed by atoms with Crippen molar-refractivity contribution in [1.82, 2.24) is 14.9 Å². The third-order valence-corrected chi connectivity index (χ3v) is 3.20. The van der Waals surface area contributed by atoms with E-state index in [9.17, 15) is 4.79 Å². The maximum absolute atomic E-state index is 12.0. The van der Waals surface area contributed by atoms with Crippen LogP contribution in [0.2, 0.25) is 0 Å².